The SMILES string of the molecule is CCS(=O)(=O)N1CC(CC#N)(n2cc(-c3cccn4nc(NC(=O)C(F)(F)F)nc34)cn2)C1. The lowest BCUT2D eigenvalue weighted by Crippen LogP contribution is -2.64. The molecule has 3 aromatic rings. The van der Waals surface area contributed by atoms with Gasteiger partial charge in [0, 0.05) is 36.6 Å². The zero-order valence-electron chi connectivity index (χ0n) is 17.1. The van der Waals surface area contributed by atoms with Crippen molar-refractivity contribution < 1.29 is 26.4 Å². The first kappa shape index (κ1) is 22.7. The fourth-order valence-corrected chi connectivity index (χ4v) is 4.79. The van der Waals surface area contributed by atoms with Gasteiger partial charge in [-0.1, -0.05) is 0 Å². The average Bonchev–Trinajstić information content (AvgIpc) is 3.36. The van der Waals surface area contributed by atoms with Crippen LogP contribution in [-0.4, -0.2) is 68.0 Å². The molecule has 174 valence electrons. The minimum atomic E-state index is -5.08. The minimum Gasteiger partial charge on any atom is -0.285 e. The zero-order valence-corrected chi connectivity index (χ0v) is 17.9. The molecule has 0 unspecified atom stereocenters. The molecule has 15 heteroatoms. The van der Waals surface area contributed by atoms with E-state index in [0.717, 1.165) is 0 Å². The molecular weight excluding hydrogens is 465 g/mol. The Bertz CT molecular complexity index is 1370. The maximum atomic E-state index is 12.5. The number of hydrogen-bond acceptors (Lipinski definition) is 7. The number of anilines is 1. The Balaban J connectivity index is 1.65. The highest BCUT2D eigenvalue weighted by atomic mass is 32.2. The van der Waals surface area contributed by atoms with Gasteiger partial charge in [0.1, 0.15) is 5.54 Å². The summed E-state index contributed by atoms with van der Waals surface area (Å²) in [5, 5.41) is 19.0. The summed E-state index contributed by atoms with van der Waals surface area (Å²) in [6, 6.07) is 5.31. The molecule has 1 saturated heterocycles. The van der Waals surface area contributed by atoms with Gasteiger partial charge < -0.3 is 0 Å². The van der Waals surface area contributed by atoms with Crippen LogP contribution in [0.4, 0.5) is 19.1 Å². The highest BCUT2D eigenvalue weighted by Gasteiger charge is 2.49. The number of pyridine rings is 1. The number of halogens is 3. The third kappa shape index (κ3) is 4.02. The summed E-state index contributed by atoms with van der Waals surface area (Å²) in [7, 11) is -3.40. The van der Waals surface area contributed by atoms with E-state index in [-0.39, 0.29) is 30.9 Å². The third-order valence-electron chi connectivity index (χ3n) is 5.33. The summed E-state index contributed by atoms with van der Waals surface area (Å²) in [5.41, 5.74) is 0.330. The van der Waals surface area contributed by atoms with Gasteiger partial charge in [0.05, 0.1) is 24.4 Å². The van der Waals surface area contributed by atoms with E-state index in [0.29, 0.717) is 11.1 Å². The first-order valence-corrected chi connectivity index (χ1v) is 11.2. The molecule has 0 saturated carbocycles. The Hall–Kier alpha value is -3.51. The quantitative estimate of drug-likeness (QED) is 0.560. The Kier molecular flexibility index (Phi) is 5.37. The summed E-state index contributed by atoms with van der Waals surface area (Å²) in [6.07, 6.45) is -0.500. The molecule has 0 spiro atoms. The Morgan fingerprint density at radius 3 is 2.73 bits per heavy atom. The molecule has 11 nitrogen and oxygen atoms in total. The van der Waals surface area contributed by atoms with Crippen molar-refractivity contribution in [2.75, 3.05) is 24.2 Å². The van der Waals surface area contributed by atoms with Crippen LogP contribution in [0.15, 0.2) is 30.7 Å². The van der Waals surface area contributed by atoms with E-state index in [2.05, 4.69) is 21.3 Å². The molecular formula is C18H17F3N8O3S. The number of carbonyl (C=O) groups is 1. The molecule has 0 radical (unpaired) electrons. The van der Waals surface area contributed by atoms with Crippen molar-refractivity contribution in [3.8, 4) is 17.2 Å². The molecule has 0 atom stereocenters. The molecule has 33 heavy (non-hydrogen) atoms. The van der Waals surface area contributed by atoms with E-state index in [4.69, 9.17) is 0 Å². The second kappa shape index (κ2) is 7.81. The van der Waals surface area contributed by atoms with Crippen LogP contribution in [0.3, 0.4) is 0 Å². The molecule has 0 aliphatic carbocycles. The van der Waals surface area contributed by atoms with Crippen molar-refractivity contribution in [2.24, 2.45) is 0 Å². The summed E-state index contributed by atoms with van der Waals surface area (Å²) in [4.78, 5) is 15.2. The number of nitriles is 1. The number of sulfonamides is 1. The molecule has 4 rings (SSSR count). The smallest absolute Gasteiger partial charge is 0.285 e. The van der Waals surface area contributed by atoms with Gasteiger partial charge in [-0.3, -0.25) is 14.8 Å². The summed E-state index contributed by atoms with van der Waals surface area (Å²) >= 11 is 0. The van der Waals surface area contributed by atoms with Crippen LogP contribution in [0.25, 0.3) is 16.8 Å². The van der Waals surface area contributed by atoms with Gasteiger partial charge in [-0.05, 0) is 19.1 Å². The Morgan fingerprint density at radius 1 is 1.36 bits per heavy atom. The van der Waals surface area contributed by atoms with Crippen molar-refractivity contribution in [2.45, 2.75) is 25.1 Å². The molecule has 3 aromatic heterocycles. The van der Waals surface area contributed by atoms with Gasteiger partial charge in [0.15, 0.2) is 5.65 Å². The second-order valence-electron chi connectivity index (χ2n) is 7.48. The van der Waals surface area contributed by atoms with Crippen LogP contribution < -0.4 is 5.32 Å². The Morgan fingerprint density at radius 2 is 2.09 bits per heavy atom. The number of amides is 1. The fraction of sp³-hybridized carbons (Fsp3) is 0.389. The van der Waals surface area contributed by atoms with Crippen molar-refractivity contribution >= 4 is 27.5 Å². The lowest BCUT2D eigenvalue weighted by Gasteiger charge is -2.47. The Labute approximate surface area is 185 Å². The summed E-state index contributed by atoms with van der Waals surface area (Å²) < 4.78 is 65.8. The van der Waals surface area contributed by atoms with Crippen LogP contribution in [-0.2, 0) is 20.4 Å². The van der Waals surface area contributed by atoms with Gasteiger partial charge in [0.25, 0.3) is 0 Å². The van der Waals surface area contributed by atoms with Crippen LogP contribution in [0, 0.1) is 11.3 Å². The first-order chi connectivity index (χ1) is 15.5. The van der Waals surface area contributed by atoms with Crippen molar-refractivity contribution in [3.05, 3.63) is 30.7 Å². The van der Waals surface area contributed by atoms with Gasteiger partial charge in [-0.25, -0.2) is 12.9 Å². The number of nitrogens with zero attached hydrogens (tertiary/aromatic N) is 7. The third-order valence-corrected chi connectivity index (χ3v) is 7.11. The number of aromatic nitrogens is 5. The number of fused-ring (bicyclic) bond motifs is 1. The molecule has 1 aliphatic heterocycles. The van der Waals surface area contributed by atoms with Crippen LogP contribution in [0.2, 0.25) is 0 Å². The number of rotatable bonds is 6. The van der Waals surface area contributed by atoms with Crippen LogP contribution >= 0.6 is 0 Å². The number of hydrogen-bond donors (Lipinski definition) is 1. The molecule has 1 amide bonds. The van der Waals surface area contributed by atoms with E-state index < -0.39 is 33.6 Å². The predicted octanol–water partition coefficient (Wildman–Crippen LogP) is 1.37. The van der Waals surface area contributed by atoms with Gasteiger partial charge in [-0.2, -0.15) is 32.8 Å². The number of carbonyl (C=O) groups excluding carboxylic acids is 1. The normalized spacial score (nSPS) is 16.3. The molecule has 0 bridgehead atoms. The molecule has 1 fully saturated rings. The fourth-order valence-electron chi connectivity index (χ4n) is 3.55. The standard InChI is InChI=1S/C18H17F3N8O3S/c1-2-33(31,32)27-10-17(11-27,5-6-22)29-9-12(8-23-29)13-4-3-7-28-14(13)24-16(26-28)25-15(30)18(19,20)21/h3-4,7-9H,2,5,10-11H2,1H3,(H,25,26,30). The molecule has 1 aliphatic rings. The van der Waals surface area contributed by atoms with Gasteiger partial charge in [-0.15, -0.1) is 5.10 Å². The zero-order chi connectivity index (χ0) is 24.0. The number of nitrogens with one attached hydrogen (secondary N) is 1. The highest BCUT2D eigenvalue weighted by molar-refractivity contribution is 7.89. The monoisotopic (exact) mass is 482 g/mol. The largest absolute Gasteiger partial charge is 0.471 e. The predicted molar refractivity (Wildman–Crippen MR) is 108 cm³/mol. The highest BCUT2D eigenvalue weighted by Crippen LogP contribution is 2.35. The minimum absolute atomic E-state index is 0.0343. The van der Waals surface area contributed by atoms with E-state index in [1.165, 1.54) is 32.8 Å². The van der Waals surface area contributed by atoms with Crippen LogP contribution in [0.5, 0.6) is 0 Å². The first-order valence-electron chi connectivity index (χ1n) is 9.63. The van der Waals surface area contributed by atoms with Gasteiger partial charge >= 0.3 is 12.1 Å². The van der Waals surface area contributed by atoms with Gasteiger partial charge in [0.2, 0.25) is 16.0 Å². The number of alkyl halides is 3. The second-order valence-corrected chi connectivity index (χ2v) is 9.74. The van der Waals surface area contributed by atoms with E-state index >= 15 is 0 Å². The van der Waals surface area contributed by atoms with E-state index in [1.807, 2.05) is 0 Å². The molecule has 4 heterocycles. The van der Waals surface area contributed by atoms with Crippen LogP contribution in [0.1, 0.15) is 13.3 Å². The maximum Gasteiger partial charge on any atom is 0.471 e. The molecule has 0 aromatic carbocycles. The van der Waals surface area contributed by atoms with E-state index in [1.54, 1.807) is 23.6 Å². The van der Waals surface area contributed by atoms with Crippen molar-refractivity contribution in [1.29, 1.82) is 5.26 Å². The van der Waals surface area contributed by atoms with Crippen molar-refractivity contribution in [1.82, 2.24) is 28.7 Å². The van der Waals surface area contributed by atoms with E-state index in [9.17, 15) is 31.6 Å². The summed E-state index contributed by atoms with van der Waals surface area (Å²) in [5.74, 6) is -2.76. The average molecular weight is 482 g/mol. The summed E-state index contributed by atoms with van der Waals surface area (Å²) in [6.45, 7) is 1.73. The van der Waals surface area contributed by atoms with Crippen molar-refractivity contribution in [3.63, 3.8) is 0 Å². The lowest BCUT2D eigenvalue weighted by atomic mass is 9.89. The maximum absolute atomic E-state index is 12.5. The topological polar surface area (TPSA) is 138 Å². The lowest BCUT2D eigenvalue weighted by molar-refractivity contribution is -0.167. The molecule has 1 N–H and O–H groups in total.